The van der Waals surface area contributed by atoms with E-state index in [2.05, 4.69) is 0 Å². The van der Waals surface area contributed by atoms with Crippen LogP contribution in [0, 0.1) is 18.6 Å². The molecule has 0 saturated carbocycles. The summed E-state index contributed by atoms with van der Waals surface area (Å²) in [6.07, 6.45) is 0.572. The maximum atomic E-state index is 13.7. The first-order valence-electron chi connectivity index (χ1n) is 5.13. The Morgan fingerprint density at radius 1 is 1.00 bits per heavy atom. The van der Waals surface area contributed by atoms with Crippen molar-refractivity contribution in [2.75, 3.05) is 0 Å². The van der Waals surface area contributed by atoms with Gasteiger partial charge < -0.3 is 0 Å². The van der Waals surface area contributed by atoms with Crippen LogP contribution in [-0.2, 0) is 0 Å². The summed E-state index contributed by atoms with van der Waals surface area (Å²) in [5.41, 5.74) is 1.52. The minimum atomic E-state index is -0.530. The molecule has 0 atom stereocenters. The van der Waals surface area contributed by atoms with Crippen molar-refractivity contribution in [3.05, 3.63) is 59.2 Å². The molecule has 0 aliphatic carbocycles. The van der Waals surface area contributed by atoms with Crippen molar-refractivity contribution in [2.24, 2.45) is 0 Å². The van der Waals surface area contributed by atoms with Gasteiger partial charge in [0.25, 0.3) is 0 Å². The highest BCUT2D eigenvalue weighted by Gasteiger charge is 2.07. The number of hydrogen-bond acceptors (Lipinski definition) is 1. The molecule has 0 amide bonds. The van der Waals surface area contributed by atoms with Crippen LogP contribution >= 0.6 is 0 Å². The third kappa shape index (κ3) is 2.23. The fourth-order valence-electron chi connectivity index (χ4n) is 1.60. The number of hydrogen-bond donors (Lipinski definition) is 0. The Hall–Kier alpha value is -2.03. The van der Waals surface area contributed by atoms with Gasteiger partial charge in [0.1, 0.15) is 17.9 Å². The minimum Gasteiger partial charge on any atom is -0.298 e. The van der Waals surface area contributed by atoms with Crippen LogP contribution in [0.4, 0.5) is 8.78 Å². The van der Waals surface area contributed by atoms with E-state index in [0.29, 0.717) is 17.4 Å². The number of aldehydes is 1. The SMILES string of the molecule is Cc1ccc(-c2ccc(C=O)cc2F)cc1F. The molecule has 0 aliphatic heterocycles. The molecule has 0 aromatic heterocycles. The van der Waals surface area contributed by atoms with Gasteiger partial charge in [-0.05, 0) is 30.2 Å². The molecule has 0 heterocycles. The van der Waals surface area contributed by atoms with Gasteiger partial charge in [-0.15, -0.1) is 0 Å². The standard InChI is InChI=1S/C14H10F2O/c1-9-2-4-11(7-13(9)15)12-5-3-10(8-17)6-14(12)16/h2-8H,1H3. The second-order valence-electron chi connectivity index (χ2n) is 3.82. The smallest absolute Gasteiger partial charge is 0.150 e. The van der Waals surface area contributed by atoms with Crippen molar-refractivity contribution in [1.29, 1.82) is 0 Å². The zero-order chi connectivity index (χ0) is 12.4. The Bertz CT molecular complexity index is 576. The predicted octanol–water partition coefficient (Wildman–Crippen LogP) is 3.75. The maximum Gasteiger partial charge on any atom is 0.150 e. The van der Waals surface area contributed by atoms with Crippen LogP contribution in [0.15, 0.2) is 36.4 Å². The molecule has 2 aromatic carbocycles. The highest BCUT2D eigenvalue weighted by molar-refractivity contribution is 5.77. The van der Waals surface area contributed by atoms with Gasteiger partial charge >= 0.3 is 0 Å². The zero-order valence-corrected chi connectivity index (χ0v) is 9.21. The van der Waals surface area contributed by atoms with Crippen LogP contribution in [0.3, 0.4) is 0 Å². The van der Waals surface area contributed by atoms with Gasteiger partial charge in [0.2, 0.25) is 0 Å². The molecule has 0 unspecified atom stereocenters. The Morgan fingerprint density at radius 3 is 2.35 bits per heavy atom. The van der Waals surface area contributed by atoms with E-state index in [1.807, 2.05) is 0 Å². The normalized spacial score (nSPS) is 10.3. The molecule has 0 fully saturated rings. The van der Waals surface area contributed by atoms with Crippen LogP contribution in [0.5, 0.6) is 0 Å². The number of rotatable bonds is 2. The summed E-state index contributed by atoms with van der Waals surface area (Å²) < 4.78 is 27.0. The number of carbonyl (C=O) groups is 1. The number of benzene rings is 2. The third-order valence-corrected chi connectivity index (χ3v) is 2.61. The second-order valence-corrected chi connectivity index (χ2v) is 3.82. The molecule has 17 heavy (non-hydrogen) atoms. The third-order valence-electron chi connectivity index (χ3n) is 2.61. The van der Waals surface area contributed by atoms with Crippen molar-refractivity contribution in [1.82, 2.24) is 0 Å². The van der Waals surface area contributed by atoms with Crippen molar-refractivity contribution in [3.8, 4) is 11.1 Å². The molecule has 0 aliphatic rings. The predicted molar refractivity (Wildman–Crippen MR) is 61.9 cm³/mol. The van der Waals surface area contributed by atoms with Gasteiger partial charge in [-0.1, -0.05) is 24.3 Å². The molecule has 1 nitrogen and oxygen atoms in total. The lowest BCUT2D eigenvalue weighted by Crippen LogP contribution is -1.90. The molecular weight excluding hydrogens is 222 g/mol. The van der Waals surface area contributed by atoms with Crippen LogP contribution in [0.1, 0.15) is 15.9 Å². The maximum absolute atomic E-state index is 13.7. The van der Waals surface area contributed by atoms with Gasteiger partial charge in [-0.25, -0.2) is 8.78 Å². The molecule has 0 N–H and O–H groups in total. The monoisotopic (exact) mass is 232 g/mol. The van der Waals surface area contributed by atoms with Gasteiger partial charge in [0.05, 0.1) is 0 Å². The average Bonchev–Trinajstić information content (AvgIpc) is 2.32. The number of aryl methyl sites for hydroxylation is 1. The van der Waals surface area contributed by atoms with Gasteiger partial charge in [-0.3, -0.25) is 4.79 Å². The van der Waals surface area contributed by atoms with E-state index in [-0.39, 0.29) is 16.9 Å². The van der Waals surface area contributed by atoms with E-state index in [4.69, 9.17) is 0 Å². The van der Waals surface area contributed by atoms with Crippen molar-refractivity contribution in [3.63, 3.8) is 0 Å². The van der Waals surface area contributed by atoms with Crippen molar-refractivity contribution >= 4 is 6.29 Å². The first-order chi connectivity index (χ1) is 8.11. The fourth-order valence-corrected chi connectivity index (χ4v) is 1.60. The average molecular weight is 232 g/mol. The summed E-state index contributed by atoms with van der Waals surface area (Å²) in [5, 5.41) is 0. The number of halogens is 2. The molecule has 0 radical (unpaired) electrons. The van der Waals surface area contributed by atoms with Crippen LogP contribution in [-0.4, -0.2) is 6.29 Å². The van der Waals surface area contributed by atoms with Crippen molar-refractivity contribution < 1.29 is 13.6 Å². The Balaban J connectivity index is 2.52. The molecule has 2 rings (SSSR count). The van der Waals surface area contributed by atoms with Gasteiger partial charge in [0.15, 0.2) is 0 Å². The van der Waals surface area contributed by atoms with E-state index in [9.17, 15) is 13.6 Å². The first-order valence-corrected chi connectivity index (χ1v) is 5.13. The summed E-state index contributed by atoms with van der Waals surface area (Å²) >= 11 is 0. The van der Waals surface area contributed by atoms with E-state index < -0.39 is 5.82 Å². The largest absolute Gasteiger partial charge is 0.298 e. The quantitative estimate of drug-likeness (QED) is 0.720. The molecule has 2 aromatic rings. The Kier molecular flexibility index (Phi) is 3.00. The summed E-state index contributed by atoms with van der Waals surface area (Å²) in [7, 11) is 0. The summed E-state index contributed by atoms with van der Waals surface area (Å²) in [6, 6.07) is 8.65. The van der Waals surface area contributed by atoms with E-state index >= 15 is 0 Å². The molecule has 3 heteroatoms. The Morgan fingerprint density at radius 2 is 1.76 bits per heavy atom. The van der Waals surface area contributed by atoms with E-state index in [1.165, 1.54) is 18.2 Å². The van der Waals surface area contributed by atoms with Gasteiger partial charge in [0, 0.05) is 11.1 Å². The minimum absolute atomic E-state index is 0.263. The summed E-state index contributed by atoms with van der Waals surface area (Å²) in [5.74, 6) is -0.904. The highest BCUT2D eigenvalue weighted by atomic mass is 19.1. The Labute approximate surface area is 97.7 Å². The molecule has 86 valence electrons. The highest BCUT2D eigenvalue weighted by Crippen LogP contribution is 2.25. The number of carbonyl (C=O) groups excluding carboxylic acids is 1. The van der Waals surface area contributed by atoms with Gasteiger partial charge in [-0.2, -0.15) is 0 Å². The first kappa shape index (κ1) is 11.5. The fraction of sp³-hybridized carbons (Fsp3) is 0.0714. The lowest BCUT2D eigenvalue weighted by molar-refractivity contribution is 0.112. The summed E-state index contributed by atoms with van der Waals surface area (Å²) in [4.78, 5) is 10.5. The zero-order valence-electron chi connectivity index (χ0n) is 9.21. The molecule has 0 spiro atoms. The molecular formula is C14H10F2O. The molecule has 0 saturated heterocycles. The lowest BCUT2D eigenvalue weighted by atomic mass is 10.0. The van der Waals surface area contributed by atoms with Crippen molar-refractivity contribution in [2.45, 2.75) is 6.92 Å². The van der Waals surface area contributed by atoms with E-state index in [0.717, 1.165) is 6.07 Å². The van der Waals surface area contributed by atoms with Crippen LogP contribution in [0.2, 0.25) is 0 Å². The topological polar surface area (TPSA) is 17.1 Å². The molecule has 0 bridgehead atoms. The van der Waals surface area contributed by atoms with Crippen LogP contribution < -0.4 is 0 Å². The van der Waals surface area contributed by atoms with E-state index in [1.54, 1.807) is 19.1 Å². The lowest BCUT2D eigenvalue weighted by Gasteiger charge is -2.05. The van der Waals surface area contributed by atoms with Crippen LogP contribution in [0.25, 0.3) is 11.1 Å². The summed E-state index contributed by atoms with van der Waals surface area (Å²) in [6.45, 7) is 1.64. The second kappa shape index (κ2) is 4.45.